The fraction of sp³-hybridized carbons (Fsp3) is 0.933. The molecule has 2 atom stereocenters. The lowest BCUT2D eigenvalue weighted by atomic mass is 9.78. The van der Waals surface area contributed by atoms with Gasteiger partial charge in [-0.2, -0.15) is 0 Å². The lowest BCUT2D eigenvalue weighted by Crippen LogP contribution is -3.21. The van der Waals surface area contributed by atoms with Crippen molar-refractivity contribution >= 4 is 5.78 Å². The summed E-state index contributed by atoms with van der Waals surface area (Å²) in [5.41, 5.74) is 0.675. The van der Waals surface area contributed by atoms with Gasteiger partial charge in [-0.25, -0.2) is 0 Å². The van der Waals surface area contributed by atoms with Crippen molar-refractivity contribution in [2.24, 2.45) is 5.92 Å². The number of carbonyl (C=O) groups excluding carboxylic acids is 1. The average molecular weight is 254 g/mol. The number of Topliss-reactive ketones (excluding diaryl/α,β-unsaturated/α-hetero) is 1. The number of quaternary nitrogens is 2. The summed E-state index contributed by atoms with van der Waals surface area (Å²) in [5.74, 6) is 0.741. The van der Waals surface area contributed by atoms with Gasteiger partial charge in [-0.1, -0.05) is 6.92 Å². The Morgan fingerprint density at radius 1 is 1.17 bits per heavy atom. The number of piperidine rings is 2. The highest BCUT2D eigenvalue weighted by atomic mass is 16.1. The first-order chi connectivity index (χ1) is 8.19. The first-order valence-corrected chi connectivity index (χ1v) is 7.43. The van der Waals surface area contributed by atoms with Crippen LogP contribution in [0.15, 0.2) is 0 Å². The summed E-state index contributed by atoms with van der Waals surface area (Å²) >= 11 is 0. The van der Waals surface area contributed by atoms with Crippen LogP contribution >= 0.6 is 0 Å². The zero-order valence-corrected chi connectivity index (χ0v) is 12.7. The zero-order valence-electron chi connectivity index (χ0n) is 12.7. The molecule has 0 bridgehead atoms. The molecular formula is C15H30N2O+2. The molecule has 104 valence electrons. The lowest BCUT2D eigenvalue weighted by Gasteiger charge is -2.46. The summed E-state index contributed by atoms with van der Waals surface area (Å²) in [5, 5.41) is 2.54. The van der Waals surface area contributed by atoms with Crippen molar-refractivity contribution in [2.45, 2.75) is 71.0 Å². The molecule has 3 N–H and O–H groups in total. The van der Waals surface area contributed by atoms with Crippen molar-refractivity contribution in [1.29, 1.82) is 0 Å². The summed E-state index contributed by atoms with van der Waals surface area (Å²) in [6.45, 7) is 13.7. The van der Waals surface area contributed by atoms with Gasteiger partial charge in [-0.15, -0.1) is 0 Å². The van der Waals surface area contributed by atoms with E-state index in [0.29, 0.717) is 16.9 Å². The number of hydrogen-bond donors (Lipinski definition) is 2. The third-order valence-corrected chi connectivity index (χ3v) is 4.71. The second-order valence-corrected chi connectivity index (χ2v) is 7.96. The molecule has 0 amide bonds. The summed E-state index contributed by atoms with van der Waals surface area (Å²) in [6, 6.07) is 0.732. The van der Waals surface area contributed by atoms with E-state index >= 15 is 0 Å². The quantitative estimate of drug-likeness (QED) is 0.666. The van der Waals surface area contributed by atoms with E-state index in [9.17, 15) is 4.79 Å². The Kier molecular flexibility index (Phi) is 3.58. The smallest absolute Gasteiger partial charge is 0.146 e. The molecule has 0 spiro atoms. The summed E-state index contributed by atoms with van der Waals surface area (Å²) < 4.78 is 0. The first-order valence-electron chi connectivity index (χ1n) is 7.43. The van der Waals surface area contributed by atoms with E-state index in [2.05, 4.69) is 39.9 Å². The van der Waals surface area contributed by atoms with Crippen LogP contribution in [0.5, 0.6) is 0 Å². The lowest BCUT2D eigenvalue weighted by molar-refractivity contribution is -0.946. The molecule has 0 radical (unpaired) electrons. The normalized spacial score (nSPS) is 36.6. The molecule has 18 heavy (non-hydrogen) atoms. The Hall–Kier alpha value is -0.410. The average Bonchev–Trinajstić information content (AvgIpc) is 2.17. The van der Waals surface area contributed by atoms with E-state index in [1.165, 1.54) is 12.8 Å². The van der Waals surface area contributed by atoms with Gasteiger partial charge in [0.05, 0.1) is 55.4 Å². The molecule has 0 saturated carbocycles. The Labute approximate surface area is 111 Å². The molecule has 3 nitrogen and oxygen atoms in total. The molecule has 0 aromatic carbocycles. The van der Waals surface area contributed by atoms with Gasteiger partial charge >= 0.3 is 0 Å². The second-order valence-electron chi connectivity index (χ2n) is 7.96. The predicted molar refractivity (Wildman–Crippen MR) is 72.6 cm³/mol. The van der Waals surface area contributed by atoms with Gasteiger partial charge in [0.2, 0.25) is 0 Å². The van der Waals surface area contributed by atoms with Crippen molar-refractivity contribution in [3.8, 4) is 0 Å². The van der Waals surface area contributed by atoms with Crippen LogP contribution in [0.3, 0.4) is 0 Å². The third kappa shape index (κ3) is 3.12. The second kappa shape index (κ2) is 4.61. The topological polar surface area (TPSA) is 38.1 Å². The Bertz CT molecular complexity index is 319. The number of nitrogens with two attached hydrogens (primary N) is 1. The van der Waals surface area contributed by atoms with Gasteiger partial charge in [0.25, 0.3) is 0 Å². The molecule has 1 unspecified atom stereocenters. The minimum absolute atomic E-state index is 0.269. The molecule has 2 fully saturated rings. The van der Waals surface area contributed by atoms with Crippen LogP contribution in [-0.2, 0) is 4.79 Å². The van der Waals surface area contributed by atoms with E-state index in [1.807, 2.05) is 0 Å². The van der Waals surface area contributed by atoms with Gasteiger partial charge in [-0.05, 0) is 27.7 Å². The van der Waals surface area contributed by atoms with Gasteiger partial charge in [0, 0.05) is 0 Å². The van der Waals surface area contributed by atoms with Crippen molar-refractivity contribution in [3.63, 3.8) is 0 Å². The zero-order chi connectivity index (χ0) is 13.6. The molecule has 2 aliphatic heterocycles. The van der Waals surface area contributed by atoms with E-state index in [1.54, 1.807) is 4.90 Å². The maximum Gasteiger partial charge on any atom is 0.146 e. The van der Waals surface area contributed by atoms with E-state index in [-0.39, 0.29) is 5.92 Å². The number of nitrogens with one attached hydrogen (secondary N) is 1. The van der Waals surface area contributed by atoms with Crippen molar-refractivity contribution < 1.29 is 15.0 Å². The van der Waals surface area contributed by atoms with Gasteiger partial charge in [-0.3, -0.25) is 4.79 Å². The van der Waals surface area contributed by atoms with Crippen LogP contribution in [0, 0.1) is 5.92 Å². The summed E-state index contributed by atoms with van der Waals surface area (Å²) in [6.07, 6.45) is 3.33. The Morgan fingerprint density at radius 3 is 2.22 bits per heavy atom. The number of ketones is 1. The highest BCUT2D eigenvalue weighted by molar-refractivity contribution is 5.81. The van der Waals surface area contributed by atoms with Crippen LogP contribution in [0.4, 0.5) is 0 Å². The fourth-order valence-corrected chi connectivity index (χ4v) is 4.32. The van der Waals surface area contributed by atoms with Gasteiger partial charge in [0.1, 0.15) is 5.78 Å². The van der Waals surface area contributed by atoms with Gasteiger partial charge in [0.15, 0.2) is 0 Å². The molecule has 2 heterocycles. The van der Waals surface area contributed by atoms with E-state index in [4.69, 9.17) is 0 Å². The van der Waals surface area contributed by atoms with Crippen LogP contribution in [0.2, 0.25) is 0 Å². The molecular weight excluding hydrogens is 224 g/mol. The highest BCUT2D eigenvalue weighted by Crippen LogP contribution is 2.20. The number of likely N-dealkylation sites (tertiary alicyclic amines) is 1. The number of carbonyl (C=O) groups is 1. The molecule has 0 aromatic rings. The fourth-order valence-electron chi connectivity index (χ4n) is 4.32. The van der Waals surface area contributed by atoms with Crippen molar-refractivity contribution in [2.75, 3.05) is 13.1 Å². The van der Waals surface area contributed by atoms with E-state index in [0.717, 1.165) is 25.6 Å². The van der Waals surface area contributed by atoms with Crippen LogP contribution < -0.4 is 10.2 Å². The van der Waals surface area contributed by atoms with Gasteiger partial charge < -0.3 is 10.2 Å². The van der Waals surface area contributed by atoms with Crippen LogP contribution in [0.1, 0.15) is 53.9 Å². The summed E-state index contributed by atoms with van der Waals surface area (Å²) in [4.78, 5) is 13.3. The Balaban J connectivity index is 2.06. The highest BCUT2D eigenvalue weighted by Gasteiger charge is 2.46. The van der Waals surface area contributed by atoms with Crippen LogP contribution in [0.25, 0.3) is 0 Å². The number of hydrogen-bond acceptors (Lipinski definition) is 1. The molecule has 3 heteroatoms. The molecule has 0 aliphatic carbocycles. The van der Waals surface area contributed by atoms with Crippen LogP contribution in [-0.4, -0.2) is 36.0 Å². The third-order valence-electron chi connectivity index (χ3n) is 4.71. The largest absolute Gasteiger partial charge is 0.337 e. The molecule has 2 saturated heterocycles. The minimum atomic E-state index is 0.269. The van der Waals surface area contributed by atoms with Crippen molar-refractivity contribution in [3.05, 3.63) is 0 Å². The standard InChI is InChI=1S/C15H28N2O/c1-11-10-17(7-6-13(11)18)12-8-14(2,3)16-15(4,5)9-12/h11-12,16H,6-10H2,1-5H3/p+2/t11-/m0/s1. The molecule has 2 aliphatic rings. The first kappa shape index (κ1) is 14.0. The summed E-state index contributed by atoms with van der Waals surface area (Å²) in [7, 11) is 0. The minimum Gasteiger partial charge on any atom is -0.337 e. The molecule has 0 aromatic heterocycles. The monoisotopic (exact) mass is 254 g/mol. The SMILES string of the molecule is C[C@H]1C[NH+](C2CC(C)(C)[NH2+]C(C)(C)C2)CCC1=O. The van der Waals surface area contributed by atoms with E-state index < -0.39 is 0 Å². The number of rotatable bonds is 1. The maximum atomic E-state index is 11.7. The molecule has 2 rings (SSSR count). The van der Waals surface area contributed by atoms with Crippen molar-refractivity contribution in [1.82, 2.24) is 0 Å². The maximum absolute atomic E-state index is 11.7. The Morgan fingerprint density at radius 2 is 1.72 bits per heavy atom. The predicted octanol–water partition coefficient (Wildman–Crippen LogP) is -0.237.